The summed E-state index contributed by atoms with van der Waals surface area (Å²) in [5.74, 6) is -4.25. The number of rotatable bonds is 12. The third kappa shape index (κ3) is 8.02. The molecule has 11 heteroatoms. The number of aliphatic hydroxyl groups is 3. The molecule has 5 aliphatic rings. The molecule has 5 heterocycles. The van der Waals surface area contributed by atoms with E-state index >= 15 is 0 Å². The summed E-state index contributed by atoms with van der Waals surface area (Å²) >= 11 is 1.87. The minimum Gasteiger partial charge on any atom is -0.392 e. The molecule has 0 amide bonds. The normalized spacial score (nSPS) is 45.4. The first-order valence-electron chi connectivity index (χ1n) is 20.3. The second-order valence-corrected chi connectivity index (χ2v) is 18.4. The number of halogens is 1. The monoisotopic (exact) mass is 846 g/mol. The fourth-order valence-electron chi connectivity index (χ4n) is 10.1. The predicted molar refractivity (Wildman–Crippen MR) is 205 cm³/mol. The van der Waals surface area contributed by atoms with E-state index in [9.17, 15) is 24.9 Å². The van der Waals surface area contributed by atoms with Crippen LogP contribution in [-0.4, -0.2) is 90.4 Å². The van der Waals surface area contributed by atoms with Crippen LogP contribution >= 0.6 is 22.6 Å². The van der Waals surface area contributed by atoms with Gasteiger partial charge in [0.15, 0.2) is 9.58 Å². The van der Waals surface area contributed by atoms with Crippen LogP contribution in [-0.2, 0) is 33.3 Å². The maximum atomic E-state index is 14.4. The molecule has 0 aromatic carbocycles. The molecule has 0 aliphatic carbocycles. The minimum absolute atomic E-state index is 0.0412. The molecule has 4 saturated heterocycles. The zero-order chi connectivity index (χ0) is 38.4. The van der Waals surface area contributed by atoms with Crippen molar-refractivity contribution in [1.82, 2.24) is 0 Å². The highest BCUT2D eigenvalue weighted by Crippen LogP contribution is 2.54. The molecule has 0 saturated carbocycles. The molecule has 2 spiro atoms. The molecule has 3 N–H and O–H groups in total. The highest BCUT2D eigenvalue weighted by molar-refractivity contribution is 14.1. The smallest absolute Gasteiger partial charge is 0.202 e. The van der Waals surface area contributed by atoms with E-state index in [1.54, 1.807) is 6.08 Å². The molecule has 0 radical (unpaired) electrons. The van der Waals surface area contributed by atoms with Crippen LogP contribution in [0.15, 0.2) is 12.2 Å². The predicted octanol–water partition coefficient (Wildman–Crippen LogP) is 6.82. The van der Waals surface area contributed by atoms with Gasteiger partial charge in [-0.2, -0.15) is 0 Å². The average Bonchev–Trinajstić information content (AvgIpc) is 3.46. The molecule has 1 unspecified atom stereocenters. The number of ether oxygens (including phenoxy) is 5. The molecule has 5 aliphatic heterocycles. The number of Topliss-reactive ketones (excluding diaryl/α,β-unsaturated/α-hetero) is 1. The Kier molecular flexibility index (Phi) is 13.6. The Balaban J connectivity index is 1.30. The van der Waals surface area contributed by atoms with Gasteiger partial charge in [0.05, 0.1) is 53.7 Å². The van der Waals surface area contributed by atoms with E-state index < -0.39 is 52.9 Å². The summed E-state index contributed by atoms with van der Waals surface area (Å²) in [6, 6.07) is 0. The first-order valence-corrected chi connectivity index (χ1v) is 21.4. The Hall–Kier alpha value is -0.510. The standard InChI is InChI=1S/C41H67IO10/c1-10-28(37(42)46)31-15-13-14-30(49-31)25(6)34(44)26(7)35(45)29(11-2)36-23(4)22-24(5)40(50-36)19-16-32(43)41(52-40)21-20-38(9,51-41)33-17-18-39(47,12-3)27(8)48-33/h16,19,23-34,36,43-44,47H,10-15,17-18,20-22H2,1-9H3/t23-,24+,25+,26-,27-,28+,29?,30+,31+,32+,33+,34-,36-,38-,39+,40-,41-/m0/s1. The lowest BCUT2D eigenvalue weighted by Gasteiger charge is -2.54. The first-order chi connectivity index (χ1) is 24.4. The Morgan fingerprint density at radius 1 is 0.942 bits per heavy atom. The van der Waals surface area contributed by atoms with Crippen LogP contribution in [0, 0.1) is 35.5 Å². The molecular weight excluding hydrogens is 779 g/mol. The van der Waals surface area contributed by atoms with Crippen LogP contribution in [0.3, 0.4) is 0 Å². The van der Waals surface area contributed by atoms with Crippen molar-refractivity contribution in [3.8, 4) is 0 Å². The van der Waals surface area contributed by atoms with Gasteiger partial charge in [-0.1, -0.05) is 48.5 Å². The lowest BCUT2D eigenvalue weighted by atomic mass is 9.73. The molecule has 0 bridgehead atoms. The number of carbonyl (C=O) groups excluding carboxylic acids is 2. The van der Waals surface area contributed by atoms with E-state index in [4.69, 9.17) is 23.7 Å². The van der Waals surface area contributed by atoms with E-state index in [0.717, 1.165) is 25.7 Å². The van der Waals surface area contributed by atoms with E-state index in [-0.39, 0.29) is 57.7 Å². The van der Waals surface area contributed by atoms with Gasteiger partial charge in [0.1, 0.15) is 11.9 Å². The second-order valence-electron chi connectivity index (χ2n) is 17.3. The van der Waals surface area contributed by atoms with Crippen molar-refractivity contribution in [2.24, 2.45) is 35.5 Å². The molecule has 52 heavy (non-hydrogen) atoms. The topological polar surface area (TPSA) is 141 Å². The maximum Gasteiger partial charge on any atom is 0.202 e. The van der Waals surface area contributed by atoms with Gasteiger partial charge in [0.2, 0.25) is 5.79 Å². The van der Waals surface area contributed by atoms with Crippen LogP contribution in [0.25, 0.3) is 0 Å². The van der Waals surface area contributed by atoms with Crippen LogP contribution in [0.1, 0.15) is 133 Å². The second kappa shape index (κ2) is 16.5. The number of ketones is 1. The number of hydrogen-bond donors (Lipinski definition) is 3. The number of carbonyl (C=O) groups is 2. The van der Waals surface area contributed by atoms with Gasteiger partial charge in [-0.3, -0.25) is 9.59 Å². The quantitative estimate of drug-likeness (QED) is 0.109. The third-order valence-corrected chi connectivity index (χ3v) is 14.8. The van der Waals surface area contributed by atoms with E-state index in [1.165, 1.54) is 0 Å². The summed E-state index contributed by atoms with van der Waals surface area (Å²) in [6.07, 6.45) is 7.51. The van der Waals surface area contributed by atoms with Crippen molar-refractivity contribution in [3.05, 3.63) is 12.2 Å². The van der Waals surface area contributed by atoms with Crippen LogP contribution in [0.5, 0.6) is 0 Å². The number of aliphatic hydroxyl groups excluding tert-OH is 2. The van der Waals surface area contributed by atoms with E-state index in [0.29, 0.717) is 44.9 Å². The highest BCUT2D eigenvalue weighted by atomic mass is 127. The summed E-state index contributed by atoms with van der Waals surface area (Å²) in [7, 11) is 0. The molecule has 0 aromatic heterocycles. The Bertz CT molecular complexity index is 1300. The zero-order valence-electron chi connectivity index (χ0n) is 33.0. The largest absolute Gasteiger partial charge is 0.392 e. The van der Waals surface area contributed by atoms with Crippen molar-refractivity contribution in [2.75, 3.05) is 0 Å². The average molecular weight is 847 g/mol. The fraction of sp³-hybridized carbons (Fsp3) is 0.902. The van der Waals surface area contributed by atoms with Gasteiger partial charge in [-0.05, 0) is 119 Å². The molecule has 4 fully saturated rings. The van der Waals surface area contributed by atoms with Crippen molar-refractivity contribution >= 4 is 32.2 Å². The van der Waals surface area contributed by atoms with Crippen molar-refractivity contribution < 1.29 is 48.6 Å². The summed E-state index contributed by atoms with van der Waals surface area (Å²) in [5.41, 5.74) is -1.61. The van der Waals surface area contributed by atoms with Crippen molar-refractivity contribution in [3.63, 3.8) is 0 Å². The SMILES string of the molecule is CCC(C(=O)[C@@H](C)[C@@H](O)[C@H](C)[C@H]1CCC[C@H]([C@@H](CC)C(=O)I)O1)[C@H]1O[C@]2(C=C[C@@H](O)[C@]3(CC[C@@](C)([C@H]4CC[C@](O)(CC)[C@H](C)O4)O3)O2)[C@H](C)C[C@@H]1C. The van der Waals surface area contributed by atoms with E-state index in [2.05, 4.69) is 13.8 Å². The van der Waals surface area contributed by atoms with E-state index in [1.807, 2.05) is 77.1 Å². The summed E-state index contributed by atoms with van der Waals surface area (Å²) in [5, 5.41) is 34.1. The van der Waals surface area contributed by atoms with Crippen molar-refractivity contribution in [1.29, 1.82) is 0 Å². The van der Waals surface area contributed by atoms with Crippen LogP contribution < -0.4 is 0 Å². The van der Waals surface area contributed by atoms with Gasteiger partial charge in [-0.25, -0.2) is 0 Å². The maximum absolute atomic E-state index is 14.4. The summed E-state index contributed by atoms with van der Waals surface area (Å²) in [4.78, 5) is 26.7. The molecule has 5 rings (SSSR count). The van der Waals surface area contributed by atoms with Crippen molar-refractivity contribution in [2.45, 2.75) is 198 Å². The minimum atomic E-state index is -1.35. The Labute approximate surface area is 325 Å². The van der Waals surface area contributed by atoms with Crippen LogP contribution in [0.4, 0.5) is 0 Å². The van der Waals surface area contributed by atoms with Gasteiger partial charge < -0.3 is 39.0 Å². The lowest BCUT2D eigenvalue weighted by Crippen LogP contribution is -2.63. The van der Waals surface area contributed by atoms with Gasteiger partial charge in [-0.15, -0.1) is 0 Å². The Morgan fingerprint density at radius 2 is 1.62 bits per heavy atom. The molecular formula is C41H67IO10. The van der Waals surface area contributed by atoms with Gasteiger partial charge >= 0.3 is 0 Å². The Morgan fingerprint density at radius 3 is 2.23 bits per heavy atom. The van der Waals surface area contributed by atoms with Crippen LogP contribution in [0.2, 0.25) is 0 Å². The van der Waals surface area contributed by atoms with Gasteiger partial charge in [0.25, 0.3) is 0 Å². The van der Waals surface area contributed by atoms with Gasteiger partial charge in [0, 0.05) is 30.1 Å². The zero-order valence-corrected chi connectivity index (χ0v) is 35.2. The molecule has 298 valence electrons. The molecule has 17 atom stereocenters. The lowest BCUT2D eigenvalue weighted by molar-refractivity contribution is -0.409. The first kappa shape index (κ1) is 42.6. The number of hydrogen-bond acceptors (Lipinski definition) is 10. The summed E-state index contributed by atoms with van der Waals surface area (Å²) < 4.78 is 33.6. The highest BCUT2D eigenvalue weighted by Gasteiger charge is 2.63. The fourth-order valence-corrected chi connectivity index (χ4v) is 11.0. The molecule has 10 nitrogen and oxygen atoms in total. The summed E-state index contributed by atoms with van der Waals surface area (Å²) in [6.45, 7) is 17.9. The molecule has 0 aromatic rings. The third-order valence-electron chi connectivity index (χ3n) is 14.0.